The highest BCUT2D eigenvalue weighted by Crippen LogP contribution is 2.21. The summed E-state index contributed by atoms with van der Waals surface area (Å²) in [7, 11) is 0. The molecule has 1 aliphatic heterocycles. The van der Waals surface area contributed by atoms with Gasteiger partial charge in [0.2, 0.25) is 5.91 Å². The summed E-state index contributed by atoms with van der Waals surface area (Å²) in [6.45, 7) is 1.29. The van der Waals surface area contributed by atoms with E-state index in [1.54, 1.807) is 16.8 Å². The second kappa shape index (κ2) is 5.46. The summed E-state index contributed by atoms with van der Waals surface area (Å²) in [4.78, 5) is 28.7. The molecule has 2 heterocycles. The van der Waals surface area contributed by atoms with E-state index in [4.69, 9.17) is 4.74 Å². The number of thiazole rings is 1. The first-order valence-corrected chi connectivity index (χ1v) is 7.11. The lowest BCUT2D eigenvalue weighted by atomic mass is 10.2. The number of aromatic nitrogens is 1. The van der Waals surface area contributed by atoms with Crippen molar-refractivity contribution >= 4 is 33.6 Å². The summed E-state index contributed by atoms with van der Waals surface area (Å²) in [5, 5.41) is 2.82. The van der Waals surface area contributed by atoms with Gasteiger partial charge in [0.15, 0.2) is 0 Å². The van der Waals surface area contributed by atoms with Gasteiger partial charge in [0.05, 0.1) is 22.3 Å². The molecule has 1 saturated heterocycles. The first-order chi connectivity index (χ1) is 9.74. The number of nitrogens with one attached hydrogen (secondary N) is 1. The fraction of sp³-hybridized carbons (Fsp3) is 0.308. The van der Waals surface area contributed by atoms with Crippen molar-refractivity contribution in [1.82, 2.24) is 15.2 Å². The molecule has 0 atom stereocenters. The highest BCUT2D eigenvalue weighted by molar-refractivity contribution is 7.16. The molecule has 20 heavy (non-hydrogen) atoms. The van der Waals surface area contributed by atoms with Crippen LogP contribution in [-0.4, -0.2) is 41.6 Å². The number of hydrogen-bond donors (Lipinski definition) is 1. The topological polar surface area (TPSA) is 71.5 Å². The molecule has 1 fully saturated rings. The normalized spacial score (nSPS) is 14.6. The van der Waals surface area contributed by atoms with Crippen LogP contribution in [-0.2, 0) is 16.1 Å². The molecule has 0 radical (unpaired) electrons. The summed E-state index contributed by atoms with van der Waals surface area (Å²) >= 11 is 1.55. The molecule has 0 spiro atoms. The van der Waals surface area contributed by atoms with Gasteiger partial charge in [-0.1, -0.05) is 12.1 Å². The average molecular weight is 291 g/mol. The molecule has 7 heteroatoms. The van der Waals surface area contributed by atoms with E-state index in [9.17, 15) is 9.59 Å². The molecule has 6 nitrogen and oxygen atoms in total. The predicted molar refractivity (Wildman–Crippen MR) is 74.4 cm³/mol. The van der Waals surface area contributed by atoms with E-state index in [-0.39, 0.29) is 12.5 Å². The van der Waals surface area contributed by atoms with Crippen LogP contribution >= 0.6 is 11.3 Å². The quantitative estimate of drug-likeness (QED) is 0.923. The lowest BCUT2D eigenvalue weighted by Crippen LogP contribution is -2.37. The van der Waals surface area contributed by atoms with E-state index < -0.39 is 6.09 Å². The number of fused-ring (bicyclic) bond motifs is 1. The van der Waals surface area contributed by atoms with Crippen molar-refractivity contribution in [3.63, 3.8) is 0 Å². The maximum atomic E-state index is 11.8. The Morgan fingerprint density at radius 1 is 1.50 bits per heavy atom. The largest absolute Gasteiger partial charge is 0.448 e. The lowest BCUT2D eigenvalue weighted by molar-refractivity contribution is -0.121. The van der Waals surface area contributed by atoms with E-state index in [1.807, 2.05) is 18.2 Å². The number of carbonyl (C=O) groups is 2. The number of rotatable bonds is 4. The molecule has 0 bridgehead atoms. The number of nitrogens with zero attached hydrogens (tertiary/aromatic N) is 2. The van der Waals surface area contributed by atoms with Gasteiger partial charge in [-0.15, -0.1) is 11.3 Å². The SMILES string of the molecule is O=C(CN1CCOC1=O)NCc1cccc2ncsc12. The Balaban J connectivity index is 1.60. The van der Waals surface area contributed by atoms with Crippen molar-refractivity contribution in [2.45, 2.75) is 6.54 Å². The number of benzene rings is 1. The van der Waals surface area contributed by atoms with Gasteiger partial charge in [-0.25, -0.2) is 9.78 Å². The van der Waals surface area contributed by atoms with Crippen LogP contribution < -0.4 is 5.32 Å². The van der Waals surface area contributed by atoms with Crippen molar-refractivity contribution in [1.29, 1.82) is 0 Å². The average Bonchev–Trinajstić information content (AvgIpc) is 3.06. The maximum absolute atomic E-state index is 11.8. The maximum Gasteiger partial charge on any atom is 0.410 e. The van der Waals surface area contributed by atoms with Gasteiger partial charge in [0.25, 0.3) is 0 Å². The zero-order valence-electron chi connectivity index (χ0n) is 10.7. The molecule has 2 amide bonds. The standard InChI is InChI=1S/C13H13N3O3S/c17-11(7-16-4-5-19-13(16)18)14-6-9-2-1-3-10-12(9)20-8-15-10/h1-3,8H,4-7H2,(H,14,17). The zero-order valence-corrected chi connectivity index (χ0v) is 11.5. The first-order valence-electron chi connectivity index (χ1n) is 6.23. The van der Waals surface area contributed by atoms with Crippen molar-refractivity contribution in [2.75, 3.05) is 19.7 Å². The molecular weight excluding hydrogens is 278 g/mol. The van der Waals surface area contributed by atoms with Crippen molar-refractivity contribution < 1.29 is 14.3 Å². The summed E-state index contributed by atoms with van der Waals surface area (Å²) in [6.07, 6.45) is -0.426. The highest BCUT2D eigenvalue weighted by Gasteiger charge is 2.23. The van der Waals surface area contributed by atoms with E-state index >= 15 is 0 Å². The molecule has 0 aliphatic carbocycles. The van der Waals surface area contributed by atoms with Crippen molar-refractivity contribution in [3.8, 4) is 0 Å². The molecule has 1 N–H and O–H groups in total. The smallest absolute Gasteiger partial charge is 0.410 e. The third kappa shape index (κ3) is 2.57. The Morgan fingerprint density at radius 3 is 3.20 bits per heavy atom. The van der Waals surface area contributed by atoms with Crippen LogP contribution in [0.4, 0.5) is 4.79 Å². The summed E-state index contributed by atoms with van der Waals surface area (Å²) in [5.41, 5.74) is 3.75. The van der Waals surface area contributed by atoms with Crippen LogP contribution in [0, 0.1) is 0 Å². The fourth-order valence-corrected chi connectivity index (χ4v) is 2.88. The number of hydrogen-bond acceptors (Lipinski definition) is 5. The third-order valence-corrected chi connectivity index (χ3v) is 4.01. The Hall–Kier alpha value is -2.15. The van der Waals surface area contributed by atoms with E-state index in [0.717, 1.165) is 15.8 Å². The first kappa shape index (κ1) is 12.9. The Bertz CT molecular complexity index is 655. The van der Waals surface area contributed by atoms with E-state index in [0.29, 0.717) is 19.7 Å². The van der Waals surface area contributed by atoms with Crippen LogP contribution in [0.2, 0.25) is 0 Å². The molecule has 104 valence electrons. The number of ether oxygens (including phenoxy) is 1. The van der Waals surface area contributed by atoms with E-state index in [1.165, 1.54) is 4.90 Å². The second-order valence-corrected chi connectivity index (χ2v) is 5.29. The van der Waals surface area contributed by atoms with Crippen LogP contribution in [0.25, 0.3) is 10.2 Å². The summed E-state index contributed by atoms with van der Waals surface area (Å²) in [5.74, 6) is -0.189. The van der Waals surface area contributed by atoms with Gasteiger partial charge in [0, 0.05) is 6.54 Å². The highest BCUT2D eigenvalue weighted by atomic mass is 32.1. The summed E-state index contributed by atoms with van der Waals surface area (Å²) < 4.78 is 5.85. The van der Waals surface area contributed by atoms with Crippen LogP contribution in [0.1, 0.15) is 5.56 Å². The minimum Gasteiger partial charge on any atom is -0.448 e. The van der Waals surface area contributed by atoms with Crippen molar-refractivity contribution in [2.24, 2.45) is 0 Å². The van der Waals surface area contributed by atoms with E-state index in [2.05, 4.69) is 10.3 Å². The number of carbonyl (C=O) groups excluding carboxylic acids is 2. The van der Waals surface area contributed by atoms with Gasteiger partial charge in [-0.2, -0.15) is 0 Å². The predicted octanol–water partition coefficient (Wildman–Crippen LogP) is 1.36. The molecule has 1 aliphatic rings. The van der Waals surface area contributed by atoms with Crippen LogP contribution in [0.3, 0.4) is 0 Å². The van der Waals surface area contributed by atoms with Gasteiger partial charge < -0.3 is 10.1 Å². The molecule has 0 saturated carbocycles. The Labute approximate surface area is 119 Å². The lowest BCUT2D eigenvalue weighted by Gasteiger charge is -2.12. The van der Waals surface area contributed by atoms with Gasteiger partial charge in [-0.05, 0) is 11.6 Å². The number of amides is 2. The van der Waals surface area contributed by atoms with Gasteiger partial charge in [0.1, 0.15) is 13.2 Å². The van der Waals surface area contributed by atoms with Crippen molar-refractivity contribution in [3.05, 3.63) is 29.3 Å². The molecule has 1 aromatic heterocycles. The molecule has 3 rings (SSSR count). The molecule has 1 aromatic carbocycles. The second-order valence-electron chi connectivity index (χ2n) is 4.43. The molecule has 0 unspecified atom stereocenters. The monoisotopic (exact) mass is 291 g/mol. The third-order valence-electron chi connectivity index (χ3n) is 3.09. The Kier molecular flexibility index (Phi) is 3.51. The van der Waals surface area contributed by atoms with Crippen LogP contribution in [0.5, 0.6) is 0 Å². The minimum atomic E-state index is -0.426. The van der Waals surface area contributed by atoms with Gasteiger partial charge >= 0.3 is 6.09 Å². The van der Waals surface area contributed by atoms with Crippen LogP contribution in [0.15, 0.2) is 23.7 Å². The Morgan fingerprint density at radius 2 is 2.40 bits per heavy atom. The van der Waals surface area contributed by atoms with Gasteiger partial charge in [-0.3, -0.25) is 9.69 Å². The molecular formula is C13H13N3O3S. The summed E-state index contributed by atoms with van der Waals surface area (Å²) in [6, 6.07) is 5.82. The molecule has 2 aromatic rings. The fourth-order valence-electron chi connectivity index (χ4n) is 2.08. The number of cyclic esters (lactones) is 1. The minimum absolute atomic E-state index is 0.0392. The zero-order chi connectivity index (χ0) is 13.9.